The summed E-state index contributed by atoms with van der Waals surface area (Å²) in [6.07, 6.45) is 2.09. The van der Waals surface area contributed by atoms with Crippen molar-refractivity contribution >= 4 is 0 Å². The number of nitrogens with one attached hydrogen (secondary N) is 1. The van der Waals surface area contributed by atoms with E-state index in [-0.39, 0.29) is 5.60 Å². The summed E-state index contributed by atoms with van der Waals surface area (Å²) >= 11 is 0. The van der Waals surface area contributed by atoms with E-state index in [1.165, 1.54) is 16.7 Å². The maximum absolute atomic E-state index is 6.33. The molecule has 0 aromatic heterocycles. The zero-order chi connectivity index (χ0) is 14.9. The molecule has 1 aromatic carbocycles. The van der Waals surface area contributed by atoms with Crippen molar-refractivity contribution in [2.45, 2.75) is 66.0 Å². The van der Waals surface area contributed by atoms with E-state index in [4.69, 9.17) is 4.74 Å². The Kier molecular flexibility index (Phi) is 4.43. The van der Waals surface area contributed by atoms with Gasteiger partial charge in [0.25, 0.3) is 0 Å². The molecule has 1 heterocycles. The van der Waals surface area contributed by atoms with Gasteiger partial charge in [0.2, 0.25) is 0 Å². The van der Waals surface area contributed by atoms with Crippen molar-refractivity contribution in [1.29, 1.82) is 0 Å². The summed E-state index contributed by atoms with van der Waals surface area (Å²) in [6, 6.07) is 4.87. The predicted molar refractivity (Wildman–Crippen MR) is 85.4 cm³/mol. The molecule has 20 heavy (non-hydrogen) atoms. The van der Waals surface area contributed by atoms with Gasteiger partial charge in [-0.2, -0.15) is 0 Å². The van der Waals surface area contributed by atoms with Gasteiger partial charge in [-0.1, -0.05) is 26.8 Å². The Morgan fingerprint density at radius 3 is 2.65 bits per heavy atom. The van der Waals surface area contributed by atoms with Crippen LogP contribution in [0.4, 0.5) is 0 Å². The van der Waals surface area contributed by atoms with Crippen LogP contribution in [-0.2, 0) is 0 Å². The van der Waals surface area contributed by atoms with Crippen molar-refractivity contribution in [1.82, 2.24) is 5.32 Å². The first-order chi connectivity index (χ1) is 9.34. The van der Waals surface area contributed by atoms with Gasteiger partial charge in [0.15, 0.2) is 0 Å². The number of fused-ring (bicyclic) bond motifs is 1. The van der Waals surface area contributed by atoms with Gasteiger partial charge < -0.3 is 10.1 Å². The van der Waals surface area contributed by atoms with Crippen molar-refractivity contribution in [2.24, 2.45) is 5.92 Å². The first-order valence-electron chi connectivity index (χ1n) is 7.88. The minimum Gasteiger partial charge on any atom is -0.487 e. The van der Waals surface area contributed by atoms with E-state index in [0.717, 1.165) is 25.1 Å². The average Bonchev–Trinajstić information content (AvgIpc) is 2.34. The van der Waals surface area contributed by atoms with Gasteiger partial charge in [-0.05, 0) is 56.8 Å². The number of rotatable bonds is 4. The molecule has 0 saturated heterocycles. The van der Waals surface area contributed by atoms with Gasteiger partial charge in [-0.25, -0.2) is 0 Å². The molecular formula is C18H29NO. The van der Waals surface area contributed by atoms with Crippen molar-refractivity contribution < 1.29 is 4.74 Å². The second kappa shape index (κ2) is 5.77. The van der Waals surface area contributed by atoms with E-state index < -0.39 is 0 Å². The van der Waals surface area contributed by atoms with Gasteiger partial charge in [0, 0.05) is 18.0 Å². The lowest BCUT2D eigenvalue weighted by Gasteiger charge is -2.41. The molecule has 0 saturated carbocycles. The molecule has 0 bridgehead atoms. The second-order valence-electron chi connectivity index (χ2n) is 6.96. The molecule has 0 radical (unpaired) electrons. The molecular weight excluding hydrogens is 246 g/mol. The third-order valence-corrected chi connectivity index (χ3v) is 4.35. The van der Waals surface area contributed by atoms with E-state index in [0.29, 0.717) is 12.0 Å². The van der Waals surface area contributed by atoms with Crippen LogP contribution in [0.15, 0.2) is 12.1 Å². The van der Waals surface area contributed by atoms with Crippen LogP contribution in [0.1, 0.15) is 63.3 Å². The van der Waals surface area contributed by atoms with Gasteiger partial charge in [-0.3, -0.25) is 0 Å². The van der Waals surface area contributed by atoms with Gasteiger partial charge >= 0.3 is 0 Å². The Bertz CT molecular complexity index is 481. The molecule has 0 spiro atoms. The molecule has 2 unspecified atom stereocenters. The zero-order valence-electron chi connectivity index (χ0n) is 13.8. The van der Waals surface area contributed by atoms with Crippen LogP contribution in [0.25, 0.3) is 0 Å². The number of hydrogen-bond acceptors (Lipinski definition) is 2. The Balaban J connectivity index is 2.37. The molecule has 0 fully saturated rings. The van der Waals surface area contributed by atoms with Crippen LogP contribution in [-0.4, -0.2) is 12.1 Å². The highest BCUT2D eigenvalue weighted by molar-refractivity contribution is 5.47. The molecule has 2 rings (SSSR count). The van der Waals surface area contributed by atoms with Crippen molar-refractivity contribution in [3.05, 3.63) is 28.8 Å². The predicted octanol–water partition coefficient (Wildman–Crippen LogP) is 4.54. The van der Waals surface area contributed by atoms with E-state index in [2.05, 4.69) is 59.0 Å². The Labute approximate surface area is 123 Å². The van der Waals surface area contributed by atoms with Crippen LogP contribution in [0.2, 0.25) is 0 Å². The van der Waals surface area contributed by atoms with Crippen molar-refractivity contribution in [3.63, 3.8) is 0 Å². The Morgan fingerprint density at radius 1 is 1.35 bits per heavy atom. The second-order valence-corrected chi connectivity index (χ2v) is 6.96. The number of hydrogen-bond donors (Lipinski definition) is 1. The largest absolute Gasteiger partial charge is 0.487 e. The standard InChI is InChI=1S/C18H29NO/c1-7-18(6)10-15(19-11-12(2)3)17-14(5)8-13(4)9-16(17)20-18/h8-9,12,15,19H,7,10-11H2,1-6H3. The summed E-state index contributed by atoms with van der Waals surface area (Å²) in [5, 5.41) is 3.75. The lowest BCUT2D eigenvalue weighted by molar-refractivity contribution is 0.0434. The fourth-order valence-corrected chi connectivity index (χ4v) is 3.08. The first kappa shape index (κ1) is 15.4. The SMILES string of the molecule is CCC1(C)CC(NCC(C)C)c2c(C)cc(C)cc2O1. The topological polar surface area (TPSA) is 21.3 Å². The summed E-state index contributed by atoms with van der Waals surface area (Å²) in [4.78, 5) is 0. The molecule has 1 aromatic rings. The van der Waals surface area contributed by atoms with Gasteiger partial charge in [0.1, 0.15) is 11.4 Å². The minimum atomic E-state index is -0.0537. The van der Waals surface area contributed by atoms with E-state index >= 15 is 0 Å². The lowest BCUT2D eigenvalue weighted by atomic mass is 9.84. The summed E-state index contributed by atoms with van der Waals surface area (Å²) in [6.45, 7) is 14.4. The fraction of sp³-hybridized carbons (Fsp3) is 0.667. The van der Waals surface area contributed by atoms with Crippen LogP contribution < -0.4 is 10.1 Å². The third-order valence-electron chi connectivity index (χ3n) is 4.35. The maximum atomic E-state index is 6.33. The average molecular weight is 275 g/mol. The lowest BCUT2D eigenvalue weighted by Crippen LogP contribution is -2.42. The molecule has 2 nitrogen and oxygen atoms in total. The quantitative estimate of drug-likeness (QED) is 0.871. The highest BCUT2D eigenvalue weighted by Crippen LogP contribution is 2.43. The molecule has 0 aliphatic carbocycles. The first-order valence-corrected chi connectivity index (χ1v) is 7.88. The molecule has 2 heteroatoms. The monoisotopic (exact) mass is 275 g/mol. The molecule has 0 amide bonds. The van der Waals surface area contributed by atoms with E-state index in [1.807, 2.05) is 0 Å². The minimum absolute atomic E-state index is 0.0537. The summed E-state index contributed by atoms with van der Waals surface area (Å²) < 4.78 is 6.33. The highest BCUT2D eigenvalue weighted by atomic mass is 16.5. The number of ether oxygens (including phenoxy) is 1. The molecule has 1 N–H and O–H groups in total. The fourth-order valence-electron chi connectivity index (χ4n) is 3.08. The van der Waals surface area contributed by atoms with Crippen LogP contribution >= 0.6 is 0 Å². The Morgan fingerprint density at radius 2 is 2.05 bits per heavy atom. The molecule has 1 aliphatic heterocycles. The zero-order valence-corrected chi connectivity index (χ0v) is 13.8. The molecule has 1 aliphatic rings. The summed E-state index contributed by atoms with van der Waals surface area (Å²) in [5.41, 5.74) is 3.94. The van der Waals surface area contributed by atoms with E-state index in [9.17, 15) is 0 Å². The maximum Gasteiger partial charge on any atom is 0.125 e. The molecule has 2 atom stereocenters. The number of benzene rings is 1. The Hall–Kier alpha value is -1.02. The van der Waals surface area contributed by atoms with Crippen LogP contribution in [0, 0.1) is 19.8 Å². The normalized spacial score (nSPS) is 25.4. The molecule has 112 valence electrons. The van der Waals surface area contributed by atoms with E-state index in [1.54, 1.807) is 0 Å². The smallest absolute Gasteiger partial charge is 0.125 e. The van der Waals surface area contributed by atoms with Crippen molar-refractivity contribution in [2.75, 3.05) is 6.54 Å². The van der Waals surface area contributed by atoms with Crippen molar-refractivity contribution in [3.8, 4) is 5.75 Å². The van der Waals surface area contributed by atoms with Gasteiger partial charge in [0.05, 0.1) is 0 Å². The van der Waals surface area contributed by atoms with Crippen LogP contribution in [0.3, 0.4) is 0 Å². The number of aryl methyl sites for hydroxylation is 2. The summed E-state index contributed by atoms with van der Waals surface area (Å²) in [5.74, 6) is 1.75. The van der Waals surface area contributed by atoms with Gasteiger partial charge in [-0.15, -0.1) is 0 Å². The van der Waals surface area contributed by atoms with Crippen LogP contribution in [0.5, 0.6) is 5.75 Å². The summed E-state index contributed by atoms with van der Waals surface area (Å²) in [7, 11) is 0. The third kappa shape index (κ3) is 3.17. The highest BCUT2D eigenvalue weighted by Gasteiger charge is 2.36.